The van der Waals surface area contributed by atoms with E-state index in [-0.39, 0.29) is 54.2 Å². The van der Waals surface area contributed by atoms with Gasteiger partial charge in [-0.05, 0) is 152 Å². The minimum absolute atomic E-state index is 0.0467. The first-order valence-corrected chi connectivity index (χ1v) is 40.0. The summed E-state index contributed by atoms with van der Waals surface area (Å²) in [6.45, 7) is 4.73. The molecule has 126 heavy (non-hydrogen) atoms. The Balaban J connectivity index is 1.01. The number of aromatic hydroxyl groups is 3. The van der Waals surface area contributed by atoms with Crippen LogP contribution in [-0.4, -0.2) is 210 Å². The lowest BCUT2D eigenvalue weighted by Crippen LogP contribution is -2.65. The van der Waals surface area contributed by atoms with E-state index in [0.717, 1.165) is 78.9 Å². The Bertz CT molecular complexity index is 5320. The molecular formula is C83H90Cl2F4N12O25. The van der Waals surface area contributed by atoms with Crippen molar-refractivity contribution in [3.63, 3.8) is 0 Å². The second-order valence-corrected chi connectivity index (χ2v) is 31.9. The van der Waals surface area contributed by atoms with Gasteiger partial charge in [-0.1, -0.05) is 67.4 Å². The van der Waals surface area contributed by atoms with E-state index in [0.29, 0.717) is 17.7 Å². The van der Waals surface area contributed by atoms with E-state index in [2.05, 4.69) is 58.7 Å². The third-order valence-corrected chi connectivity index (χ3v) is 22.2. The predicted octanol–water partition coefficient (Wildman–Crippen LogP) is 2.88. The van der Waals surface area contributed by atoms with Gasteiger partial charge in [-0.15, -0.1) is 0 Å². The molecule has 9 amide bonds. The molecule has 1 unspecified atom stereocenters. The van der Waals surface area contributed by atoms with Gasteiger partial charge < -0.3 is 133 Å². The van der Waals surface area contributed by atoms with Gasteiger partial charge in [-0.25, -0.2) is 9.82 Å². The van der Waals surface area contributed by atoms with E-state index >= 15 is 24.0 Å². The summed E-state index contributed by atoms with van der Waals surface area (Å²) in [4.78, 5) is 133. The Morgan fingerprint density at radius 3 is 1.95 bits per heavy atom. The minimum Gasteiger partial charge on any atom is -0.508 e. The van der Waals surface area contributed by atoms with Gasteiger partial charge in [0, 0.05) is 53.5 Å². The second-order valence-electron chi connectivity index (χ2n) is 31.1. The summed E-state index contributed by atoms with van der Waals surface area (Å²) >= 11 is 14.3. The van der Waals surface area contributed by atoms with Crippen molar-refractivity contribution in [3.05, 3.63) is 182 Å². The lowest BCUT2D eigenvalue weighted by atomic mass is 9.84. The van der Waals surface area contributed by atoms with Crippen LogP contribution >= 0.6 is 23.2 Å². The molecule has 7 aliphatic heterocycles. The number of phenolic OH excluding ortho intramolecular Hbond substituents is 3. The van der Waals surface area contributed by atoms with Crippen LogP contribution in [0.2, 0.25) is 10.0 Å². The van der Waals surface area contributed by atoms with E-state index in [1.807, 2.05) is 0 Å². The Morgan fingerprint density at radius 2 is 1.33 bits per heavy atom. The quantitative estimate of drug-likeness (QED) is 0.0279. The van der Waals surface area contributed by atoms with Crippen molar-refractivity contribution >= 4 is 82.1 Å². The summed E-state index contributed by atoms with van der Waals surface area (Å²) in [6.07, 6.45) is -24.9. The molecule has 7 aromatic rings. The Labute approximate surface area is 723 Å². The van der Waals surface area contributed by atoms with Crippen LogP contribution in [0.4, 0.5) is 23.2 Å². The number of carbonyl (C=O) groups is 9. The lowest BCUT2D eigenvalue weighted by molar-refractivity contribution is -0.334. The van der Waals surface area contributed by atoms with Crippen molar-refractivity contribution in [1.29, 1.82) is 0 Å². The summed E-state index contributed by atoms with van der Waals surface area (Å²) in [5, 5.41) is 139. The number of aliphatic hydroxyl groups excluding tert-OH is 7. The van der Waals surface area contributed by atoms with Gasteiger partial charge >= 0.3 is 6.18 Å². The first-order valence-electron chi connectivity index (χ1n) is 39.3. The number of nitrogens with two attached hydrogens (primary N) is 1. The average Bonchev–Trinajstić information content (AvgIpc) is 0.769. The predicted molar refractivity (Wildman–Crippen MR) is 433 cm³/mol. The fraction of sp³-hybridized carbons (Fsp3) is 0.386. The fourth-order valence-corrected chi connectivity index (χ4v) is 15.5. The topological polar surface area (TPSA) is 570 Å². The number of anilines is 1. The number of ether oxygens (including phenoxy) is 6. The largest absolute Gasteiger partial charge is 0.508 e. The van der Waals surface area contributed by atoms with Crippen LogP contribution in [0.1, 0.15) is 127 Å². The summed E-state index contributed by atoms with van der Waals surface area (Å²) in [5.74, 6) is -18.4. The number of likely N-dealkylation sites (N-methyl/N-ethyl adjacent to an activating group) is 1. The lowest BCUT2D eigenvalue weighted by Gasteiger charge is -2.48. The third-order valence-electron chi connectivity index (χ3n) is 21.6. The zero-order chi connectivity index (χ0) is 91.4. The van der Waals surface area contributed by atoms with Crippen LogP contribution < -0.4 is 78.6 Å². The van der Waals surface area contributed by atoms with Gasteiger partial charge in [-0.3, -0.25) is 48.6 Å². The summed E-state index contributed by atoms with van der Waals surface area (Å²) in [6, 6.07) is 6.80. The van der Waals surface area contributed by atoms with Gasteiger partial charge in [0.15, 0.2) is 23.9 Å². The van der Waals surface area contributed by atoms with Crippen LogP contribution in [0, 0.1) is 11.7 Å². The average molecular weight is 1800 g/mol. The summed E-state index contributed by atoms with van der Waals surface area (Å²) in [7, 11) is 1.45. The molecule has 7 aliphatic rings. The SMILES string of the molecule is CN[C@H](CC(C)C)C(=O)N[C@H]1C(=O)N[C@@H](CC(N)=O)C(=O)N[C@H]2C(=O)N[C@H]3C(=O)N[C@H](C(=O)N[C@@H](C(=O)NNCCO)c4cc(O)cc(O)c4-c4cc3ccc4O)[C@H](O)c3ccc(c(Cl)c3)Oc3cc2cc(c3OC2O[C@H](CO)[C@@H](O)[C@H](O)[C@H]2O[C@H]2C[C@@](C)(NCc3ccc(NC(=O)c4ccc(F)c(C(F)(F)F)c4)cc3)[C@H](O)[C@H](C)O2)Oc2ccc(cc2Cl)[C@H]1O. The maximum atomic E-state index is 16.3. The van der Waals surface area contributed by atoms with Crippen molar-refractivity contribution in [1.82, 2.24) is 53.4 Å². The van der Waals surface area contributed by atoms with Gasteiger partial charge in [-0.2, -0.15) is 13.2 Å². The second kappa shape index (κ2) is 39.1. The molecule has 2 fully saturated rings. The van der Waals surface area contributed by atoms with Gasteiger partial charge in [0.25, 0.3) is 11.8 Å². The van der Waals surface area contributed by atoms with Crippen LogP contribution in [0.15, 0.2) is 121 Å². The number of nitrogens with one attached hydrogen (secondary N) is 11. The molecule has 18 atom stereocenters. The molecule has 0 saturated carbocycles. The zero-order valence-electron chi connectivity index (χ0n) is 67.3. The number of hydrogen-bond acceptors (Lipinski definition) is 28. The van der Waals surface area contributed by atoms with E-state index in [4.69, 9.17) is 57.4 Å². The molecule has 674 valence electrons. The number of aliphatic hydroxyl groups is 7. The number of hydrazine groups is 1. The molecule has 0 spiro atoms. The maximum Gasteiger partial charge on any atom is 0.419 e. The molecule has 0 aromatic heterocycles. The highest BCUT2D eigenvalue weighted by Gasteiger charge is 2.53. The summed E-state index contributed by atoms with van der Waals surface area (Å²) < 4.78 is 94.0. The van der Waals surface area contributed by atoms with E-state index in [1.54, 1.807) is 20.8 Å². The van der Waals surface area contributed by atoms with Gasteiger partial charge in [0.2, 0.25) is 53.4 Å². The van der Waals surface area contributed by atoms with Gasteiger partial charge in [0.1, 0.15) is 101 Å². The van der Waals surface area contributed by atoms with Crippen molar-refractivity contribution in [2.75, 3.05) is 32.1 Å². The number of fused-ring (bicyclic) bond motifs is 15. The maximum absolute atomic E-state index is 16.3. The highest BCUT2D eigenvalue weighted by molar-refractivity contribution is 6.32. The molecule has 43 heteroatoms. The van der Waals surface area contributed by atoms with Crippen LogP contribution in [0.25, 0.3) is 11.1 Å². The first kappa shape index (κ1) is 93.5. The molecular weight excluding hydrogens is 1710 g/mol. The molecule has 0 aliphatic carbocycles. The zero-order valence-corrected chi connectivity index (χ0v) is 68.8. The molecule has 0 radical (unpaired) electrons. The number of alkyl halides is 3. The van der Waals surface area contributed by atoms with Crippen LogP contribution in [0.3, 0.4) is 0 Å². The van der Waals surface area contributed by atoms with E-state index < -0.39 is 283 Å². The minimum atomic E-state index is -5.10. The third kappa shape index (κ3) is 20.9. The number of primary amides is 1. The monoisotopic (exact) mass is 1800 g/mol. The fourth-order valence-electron chi connectivity index (χ4n) is 15.0. The molecule has 37 nitrogen and oxygen atoms in total. The Kier molecular flexibility index (Phi) is 29.0. The number of carbonyl (C=O) groups excluding carboxylic acids is 9. The van der Waals surface area contributed by atoms with Crippen molar-refractivity contribution in [2.24, 2.45) is 11.7 Å². The molecule has 14 rings (SSSR count). The number of phenols is 3. The highest BCUT2D eigenvalue weighted by atomic mass is 35.5. The Hall–Kier alpha value is -11.7. The summed E-state index contributed by atoms with van der Waals surface area (Å²) in [5.41, 5.74) is 4.74. The highest BCUT2D eigenvalue weighted by Crippen LogP contribution is 2.50. The molecule has 11 bridgehead atoms. The van der Waals surface area contributed by atoms with Crippen LogP contribution in [0.5, 0.6) is 46.0 Å². The number of amides is 9. The molecule has 7 aromatic carbocycles. The molecule has 7 heterocycles. The van der Waals surface area contributed by atoms with Crippen molar-refractivity contribution in [2.45, 2.75) is 169 Å². The van der Waals surface area contributed by atoms with Crippen molar-refractivity contribution in [3.8, 4) is 57.1 Å². The smallest absolute Gasteiger partial charge is 0.419 e. The van der Waals surface area contributed by atoms with Gasteiger partial charge in [0.05, 0.1) is 53.5 Å². The van der Waals surface area contributed by atoms with Crippen molar-refractivity contribution < 1.29 is 140 Å². The number of benzene rings is 7. The normalized spacial score (nSPS) is 26.0. The number of rotatable bonds is 21. The first-order chi connectivity index (χ1) is 59.6. The number of hydrogen-bond donors (Lipinski definition) is 22. The molecule has 23 N–H and O–H groups in total. The standard InChI is InChI=1S/C83H90Cl2F4N12O25/c1-33(2)20-49(91-5)74(114)99-64-66(108)37-10-16-53(46(84)23-37)122-55-25-40-26-56(70(55)126-81-71(69(111)68(110)57(32-103)124-81)125-59-30-82(4,72(112)34(3)121-59)92-31-35-6-12-41(13-7-35)94-73(113)39-8-14-48(86)45(22-39)83(87,88)89)123-54-17-11-38(24-47(54)85)67(109)65-79(119)98-63(80(120)101-93-18-19-102)44-27-42(104)28-52(106)60(44)43-21-36(9-15-51(43)105)61(76(116)100-65)97-77(117)62(40)96-75(115)50(29-58(90)107)95-78(64)118/h6-17,21-28,33-34,49-50,57,59,61-69,71-72,81,91-93,102-106,108-112H,18-20,29-32H2,1-5H3,(H2,90,107)(H,94,113)(H,95,118)(H,96,115)(H,97,117)(H,98,119)(H,99,114)(H,100,116)(H,101,120)/t34-,49+,50-,57+,59-,61+,62+,63+,64+,65-,66+,67+,68+,69-,71+,72+,81?,82+/m0/s1. The molecule has 2 saturated heterocycles. The Morgan fingerprint density at radius 1 is 0.698 bits per heavy atom. The van der Waals surface area contributed by atoms with Crippen LogP contribution in [-0.2, 0) is 65.3 Å². The number of halogens is 6. The van der Waals surface area contributed by atoms with E-state index in [1.165, 1.54) is 44.3 Å². The van der Waals surface area contributed by atoms with E-state index in [9.17, 15) is 87.8 Å².